The largest absolute Gasteiger partial charge is 0.492 e. The fraction of sp³-hybridized carbons (Fsp3) is 0.294. The van der Waals surface area contributed by atoms with Crippen molar-refractivity contribution in [2.75, 3.05) is 13.7 Å². The van der Waals surface area contributed by atoms with E-state index in [1.165, 1.54) is 16.7 Å². The maximum atomic E-state index is 5.96. The molecule has 0 bridgehead atoms. The molecule has 0 radical (unpaired) electrons. The number of halogens is 1. The van der Waals surface area contributed by atoms with Crippen LogP contribution in [0, 0.1) is 13.8 Å². The van der Waals surface area contributed by atoms with Gasteiger partial charge in [0.15, 0.2) is 0 Å². The Bertz CT molecular complexity index is 583. The molecule has 0 saturated heterocycles. The third kappa shape index (κ3) is 3.75. The van der Waals surface area contributed by atoms with Gasteiger partial charge in [0.2, 0.25) is 0 Å². The first kappa shape index (κ1) is 14.9. The third-order valence-electron chi connectivity index (χ3n) is 3.36. The van der Waals surface area contributed by atoms with Crippen LogP contribution in [0.15, 0.2) is 42.5 Å². The number of nitrogens with one attached hydrogen (secondary N) is 1. The van der Waals surface area contributed by atoms with Crippen LogP contribution in [0.3, 0.4) is 0 Å². The minimum absolute atomic E-state index is 0.162. The van der Waals surface area contributed by atoms with Crippen LogP contribution in [-0.4, -0.2) is 13.7 Å². The van der Waals surface area contributed by atoms with E-state index in [9.17, 15) is 0 Å². The van der Waals surface area contributed by atoms with Crippen LogP contribution in [0.25, 0.3) is 0 Å². The van der Waals surface area contributed by atoms with Crippen molar-refractivity contribution in [3.8, 4) is 5.75 Å². The molecular formula is C17H20ClNO. The van der Waals surface area contributed by atoms with E-state index < -0.39 is 0 Å². The molecule has 2 rings (SSSR count). The minimum atomic E-state index is 0.162. The van der Waals surface area contributed by atoms with Crippen molar-refractivity contribution in [3.05, 3.63) is 64.2 Å². The average Bonchev–Trinajstić information content (AvgIpc) is 2.41. The summed E-state index contributed by atoms with van der Waals surface area (Å²) >= 11 is 5.96. The summed E-state index contributed by atoms with van der Waals surface area (Å²) in [5.74, 6) is 0.794. The zero-order valence-electron chi connectivity index (χ0n) is 12.1. The van der Waals surface area contributed by atoms with Crippen molar-refractivity contribution < 1.29 is 4.74 Å². The fourth-order valence-electron chi connectivity index (χ4n) is 2.28. The molecule has 0 aliphatic heterocycles. The van der Waals surface area contributed by atoms with Crippen LogP contribution in [-0.2, 0) is 0 Å². The van der Waals surface area contributed by atoms with Crippen LogP contribution in [0.4, 0.5) is 0 Å². The topological polar surface area (TPSA) is 21.3 Å². The lowest BCUT2D eigenvalue weighted by Gasteiger charge is -2.20. The van der Waals surface area contributed by atoms with E-state index in [-0.39, 0.29) is 6.04 Å². The monoisotopic (exact) mass is 289 g/mol. The van der Waals surface area contributed by atoms with E-state index in [0.717, 1.165) is 5.75 Å². The van der Waals surface area contributed by atoms with Crippen molar-refractivity contribution in [1.82, 2.24) is 5.32 Å². The van der Waals surface area contributed by atoms with E-state index >= 15 is 0 Å². The normalized spacial score (nSPS) is 12.2. The summed E-state index contributed by atoms with van der Waals surface area (Å²) in [6.07, 6.45) is 0. The lowest BCUT2D eigenvalue weighted by atomic mass is 10.00. The van der Waals surface area contributed by atoms with Crippen molar-refractivity contribution >= 4 is 11.6 Å². The smallest absolute Gasteiger partial charge is 0.120 e. The van der Waals surface area contributed by atoms with Gasteiger partial charge in [-0.25, -0.2) is 0 Å². The summed E-state index contributed by atoms with van der Waals surface area (Å²) in [6.45, 7) is 4.81. The first-order chi connectivity index (χ1) is 9.60. The number of hydrogen-bond donors (Lipinski definition) is 1. The molecule has 3 heteroatoms. The molecule has 1 atom stereocenters. The van der Waals surface area contributed by atoms with Gasteiger partial charge in [0, 0.05) is 5.02 Å². The Morgan fingerprint density at radius 1 is 1.15 bits per heavy atom. The molecule has 0 aliphatic rings. The van der Waals surface area contributed by atoms with E-state index in [4.69, 9.17) is 16.3 Å². The second kappa shape index (κ2) is 6.78. The van der Waals surface area contributed by atoms with Gasteiger partial charge in [-0.2, -0.15) is 0 Å². The predicted molar refractivity (Wildman–Crippen MR) is 84.7 cm³/mol. The van der Waals surface area contributed by atoms with E-state index in [1.807, 2.05) is 31.3 Å². The number of likely N-dealkylation sites (N-methyl/N-ethyl adjacent to an activating group) is 1. The second-order valence-corrected chi connectivity index (χ2v) is 5.41. The standard InChI is InChI=1S/C17H20ClNO/c1-12-7-8-16(13(2)9-12)17(19-3)11-20-15-6-4-5-14(18)10-15/h4-10,17,19H,11H2,1-3H3. The Kier molecular flexibility index (Phi) is 5.05. The first-order valence-corrected chi connectivity index (χ1v) is 7.10. The summed E-state index contributed by atoms with van der Waals surface area (Å²) in [5, 5.41) is 4.00. The molecule has 0 saturated carbocycles. The molecule has 20 heavy (non-hydrogen) atoms. The predicted octanol–water partition coefficient (Wildman–Crippen LogP) is 4.30. The van der Waals surface area contributed by atoms with Gasteiger partial charge in [0.05, 0.1) is 6.04 Å². The highest BCUT2D eigenvalue weighted by molar-refractivity contribution is 6.30. The van der Waals surface area contributed by atoms with Gasteiger partial charge in [-0.3, -0.25) is 0 Å². The molecule has 0 heterocycles. The molecule has 0 amide bonds. The summed E-state index contributed by atoms with van der Waals surface area (Å²) in [4.78, 5) is 0. The molecule has 0 aliphatic carbocycles. The number of rotatable bonds is 5. The maximum Gasteiger partial charge on any atom is 0.120 e. The van der Waals surface area contributed by atoms with Crippen LogP contribution >= 0.6 is 11.6 Å². The van der Waals surface area contributed by atoms with Gasteiger partial charge in [0.25, 0.3) is 0 Å². The van der Waals surface area contributed by atoms with Gasteiger partial charge in [-0.15, -0.1) is 0 Å². The highest BCUT2D eigenvalue weighted by Crippen LogP contribution is 2.22. The summed E-state index contributed by atoms with van der Waals surface area (Å²) in [7, 11) is 1.95. The van der Waals surface area contributed by atoms with Crippen molar-refractivity contribution in [1.29, 1.82) is 0 Å². The van der Waals surface area contributed by atoms with Crippen LogP contribution in [0.1, 0.15) is 22.7 Å². The quantitative estimate of drug-likeness (QED) is 0.886. The lowest BCUT2D eigenvalue weighted by molar-refractivity contribution is 0.272. The van der Waals surface area contributed by atoms with Crippen LogP contribution in [0.2, 0.25) is 5.02 Å². The molecule has 0 spiro atoms. The van der Waals surface area contributed by atoms with E-state index in [1.54, 1.807) is 0 Å². The second-order valence-electron chi connectivity index (χ2n) is 4.97. The number of benzene rings is 2. The molecular weight excluding hydrogens is 270 g/mol. The van der Waals surface area contributed by atoms with Gasteiger partial charge in [-0.05, 0) is 50.2 Å². The van der Waals surface area contributed by atoms with Crippen molar-refractivity contribution in [3.63, 3.8) is 0 Å². The molecule has 0 aromatic heterocycles. The Morgan fingerprint density at radius 3 is 2.60 bits per heavy atom. The zero-order valence-corrected chi connectivity index (χ0v) is 12.9. The SMILES string of the molecule is CNC(COc1cccc(Cl)c1)c1ccc(C)cc1C. The molecule has 2 aromatic rings. The first-order valence-electron chi connectivity index (χ1n) is 6.73. The Hall–Kier alpha value is -1.51. The molecule has 1 N–H and O–H groups in total. The molecule has 1 unspecified atom stereocenters. The van der Waals surface area contributed by atoms with Gasteiger partial charge in [-0.1, -0.05) is 41.4 Å². The Labute approximate surface area is 125 Å². The zero-order chi connectivity index (χ0) is 14.5. The molecule has 2 nitrogen and oxygen atoms in total. The fourth-order valence-corrected chi connectivity index (χ4v) is 2.46. The summed E-state index contributed by atoms with van der Waals surface area (Å²) < 4.78 is 5.83. The Morgan fingerprint density at radius 2 is 1.95 bits per heavy atom. The van der Waals surface area contributed by atoms with Crippen molar-refractivity contribution in [2.45, 2.75) is 19.9 Å². The number of ether oxygens (including phenoxy) is 1. The van der Waals surface area contributed by atoms with E-state index in [2.05, 4.69) is 37.4 Å². The highest BCUT2D eigenvalue weighted by Gasteiger charge is 2.12. The minimum Gasteiger partial charge on any atom is -0.492 e. The molecule has 0 fully saturated rings. The van der Waals surface area contributed by atoms with Gasteiger partial charge in [0.1, 0.15) is 12.4 Å². The van der Waals surface area contributed by atoms with Crippen LogP contribution < -0.4 is 10.1 Å². The summed E-state index contributed by atoms with van der Waals surface area (Å²) in [5.41, 5.74) is 3.82. The number of hydrogen-bond acceptors (Lipinski definition) is 2. The number of aryl methyl sites for hydroxylation is 2. The van der Waals surface area contributed by atoms with Crippen molar-refractivity contribution in [2.24, 2.45) is 0 Å². The average molecular weight is 290 g/mol. The summed E-state index contributed by atoms with van der Waals surface area (Å²) in [6, 6.07) is 14.1. The highest BCUT2D eigenvalue weighted by atomic mass is 35.5. The third-order valence-corrected chi connectivity index (χ3v) is 3.60. The Balaban J connectivity index is 2.09. The lowest BCUT2D eigenvalue weighted by Crippen LogP contribution is -2.24. The van der Waals surface area contributed by atoms with Gasteiger partial charge < -0.3 is 10.1 Å². The van der Waals surface area contributed by atoms with Gasteiger partial charge >= 0.3 is 0 Å². The molecule has 2 aromatic carbocycles. The maximum absolute atomic E-state index is 5.96. The molecule has 106 valence electrons. The van der Waals surface area contributed by atoms with Crippen LogP contribution in [0.5, 0.6) is 5.75 Å². The van der Waals surface area contributed by atoms with E-state index in [0.29, 0.717) is 11.6 Å².